The summed E-state index contributed by atoms with van der Waals surface area (Å²) in [5, 5.41) is 23.5. The molecule has 0 aromatic rings. The summed E-state index contributed by atoms with van der Waals surface area (Å²) < 4.78 is 25.8. The van der Waals surface area contributed by atoms with E-state index in [4.69, 9.17) is 58.5 Å². The molecule has 1 fully saturated rings. The molecule has 0 aromatic heterocycles. The van der Waals surface area contributed by atoms with Crippen LogP contribution in [0.15, 0.2) is 12.7 Å². The summed E-state index contributed by atoms with van der Waals surface area (Å²) in [6, 6.07) is -1.34. The minimum atomic E-state index is -2.07. The lowest BCUT2D eigenvalue weighted by Crippen LogP contribution is -2.66. The molecule has 0 saturated carbocycles. The van der Waals surface area contributed by atoms with Crippen LogP contribution in [0.3, 0.4) is 0 Å². The van der Waals surface area contributed by atoms with Crippen LogP contribution >= 0.6 is 34.8 Å². The van der Waals surface area contributed by atoms with Gasteiger partial charge in [0, 0.05) is 6.42 Å². The van der Waals surface area contributed by atoms with Crippen molar-refractivity contribution in [3.05, 3.63) is 12.7 Å². The molecule has 11 nitrogen and oxygen atoms in total. The zero-order valence-corrected chi connectivity index (χ0v) is 35.2. The zero-order valence-electron chi connectivity index (χ0n) is 32.9. The number of esters is 2. The molecule has 54 heavy (non-hydrogen) atoms. The van der Waals surface area contributed by atoms with Gasteiger partial charge in [-0.1, -0.05) is 159 Å². The third-order valence-electron chi connectivity index (χ3n) is 9.49. The lowest BCUT2D eigenvalue weighted by Gasteiger charge is -2.43. The second-order valence-corrected chi connectivity index (χ2v) is 16.0. The van der Waals surface area contributed by atoms with Gasteiger partial charge in [0.1, 0.15) is 24.4 Å². The number of nitrogens with one attached hydrogen (secondary N) is 1. The van der Waals surface area contributed by atoms with Gasteiger partial charge in [-0.2, -0.15) is 0 Å². The van der Waals surface area contributed by atoms with Crippen molar-refractivity contribution < 1.29 is 48.3 Å². The highest BCUT2D eigenvalue weighted by atomic mass is 35.5. The van der Waals surface area contributed by atoms with Crippen LogP contribution in [0.2, 0.25) is 0 Å². The minimum absolute atomic E-state index is 0.0423. The maximum Gasteiger partial charge on any atom is 0.410 e. The molecule has 316 valence electrons. The van der Waals surface area contributed by atoms with Gasteiger partial charge in [-0.3, -0.25) is 9.59 Å². The molecule has 1 rings (SSSR count). The van der Waals surface area contributed by atoms with E-state index in [-0.39, 0.29) is 25.4 Å². The lowest BCUT2D eigenvalue weighted by atomic mass is 9.96. The van der Waals surface area contributed by atoms with Gasteiger partial charge in [0.15, 0.2) is 12.4 Å². The Hall–Kier alpha value is -1.34. The van der Waals surface area contributed by atoms with Crippen LogP contribution in [0, 0.1) is 0 Å². The molecular weight excluding hydrogens is 761 g/mol. The maximum absolute atomic E-state index is 13.5. The molecule has 1 heterocycles. The van der Waals surface area contributed by atoms with E-state index in [0.29, 0.717) is 12.8 Å². The number of carbonyl (C=O) groups is 3. The molecule has 3 N–H and O–H groups in total. The zero-order chi connectivity index (χ0) is 40.0. The summed E-state index contributed by atoms with van der Waals surface area (Å²) in [7, 11) is 0. The van der Waals surface area contributed by atoms with E-state index in [1.54, 1.807) is 0 Å². The van der Waals surface area contributed by atoms with Crippen LogP contribution in [0.1, 0.15) is 162 Å². The third-order valence-corrected chi connectivity index (χ3v) is 10.6. The smallest absolute Gasteiger partial charge is 0.410 e. The number of ether oxygens (including phenoxy) is 5. The van der Waals surface area contributed by atoms with Crippen molar-refractivity contribution in [2.24, 2.45) is 0 Å². The standard InChI is InChI=1S/C40H70Cl3NO10/c1-4-7-9-11-13-15-16-18-20-22-24-26-33(46)51-31(25-23-21-19-17-14-12-10-8-5-2)28-34(47)53-37-35(44-39(49)54-40(42,43)30-41)38(50-27-6-3)52-32(29-45)36(37)48/h6,31-32,35-38,45,48H,3-5,7-30H2,1-2H3,(H,44,49)/t31-,32-,35-,36-,37-,38+/m1/s1. The van der Waals surface area contributed by atoms with Crippen molar-refractivity contribution in [3.8, 4) is 0 Å². The van der Waals surface area contributed by atoms with Gasteiger partial charge in [0.25, 0.3) is 4.52 Å². The number of hydrogen-bond acceptors (Lipinski definition) is 10. The Labute approximate surface area is 339 Å². The highest BCUT2D eigenvalue weighted by Gasteiger charge is 2.49. The van der Waals surface area contributed by atoms with Crippen LogP contribution < -0.4 is 5.32 Å². The fourth-order valence-electron chi connectivity index (χ4n) is 6.44. The summed E-state index contributed by atoms with van der Waals surface area (Å²) in [6.45, 7) is 7.35. The topological polar surface area (TPSA) is 150 Å². The van der Waals surface area contributed by atoms with Gasteiger partial charge >= 0.3 is 18.0 Å². The molecule has 0 unspecified atom stereocenters. The second kappa shape index (κ2) is 31.7. The SMILES string of the molecule is C=CCO[C@H]1O[C@H](CO)[C@@H](O)[C@H](OC(=O)C[C@@H](CCCCCCCCCCC)OC(=O)CCCCCCCCCCCCC)[C@H]1NC(=O)OC(Cl)(Cl)CCl. The van der Waals surface area contributed by atoms with Gasteiger partial charge in [-0.15, -0.1) is 18.2 Å². The predicted molar refractivity (Wildman–Crippen MR) is 214 cm³/mol. The largest absolute Gasteiger partial charge is 0.462 e. The Morgan fingerprint density at radius 2 is 1.35 bits per heavy atom. The molecule has 1 aliphatic heterocycles. The van der Waals surface area contributed by atoms with E-state index in [1.807, 2.05) is 0 Å². The Bertz CT molecular complexity index is 1010. The number of carbonyl (C=O) groups excluding carboxylic acids is 3. The molecular formula is C40H70Cl3NO10. The first kappa shape index (κ1) is 50.7. The Balaban J connectivity index is 2.89. The van der Waals surface area contributed by atoms with Crippen molar-refractivity contribution in [2.75, 3.05) is 19.1 Å². The highest BCUT2D eigenvalue weighted by Crippen LogP contribution is 2.28. The maximum atomic E-state index is 13.5. The van der Waals surface area contributed by atoms with Crippen LogP contribution in [0.25, 0.3) is 0 Å². The van der Waals surface area contributed by atoms with E-state index >= 15 is 0 Å². The van der Waals surface area contributed by atoms with E-state index in [2.05, 4.69) is 25.7 Å². The number of rotatable bonds is 33. The van der Waals surface area contributed by atoms with Gasteiger partial charge in [-0.25, -0.2) is 4.79 Å². The number of aliphatic hydroxyl groups is 2. The number of hydrogen-bond donors (Lipinski definition) is 3. The number of amides is 1. The molecule has 0 aliphatic carbocycles. The van der Waals surface area contributed by atoms with Gasteiger partial charge < -0.3 is 39.2 Å². The summed E-state index contributed by atoms with van der Waals surface area (Å²) in [6.07, 6.45) is 17.2. The average Bonchev–Trinajstić information content (AvgIpc) is 3.14. The van der Waals surface area contributed by atoms with Crippen molar-refractivity contribution >= 4 is 52.8 Å². The Kier molecular flexibility index (Phi) is 29.8. The molecule has 1 saturated heterocycles. The molecule has 0 aromatic carbocycles. The quantitative estimate of drug-likeness (QED) is 0.0192. The first-order chi connectivity index (χ1) is 26.0. The fourth-order valence-corrected chi connectivity index (χ4v) is 6.64. The van der Waals surface area contributed by atoms with Crippen molar-refractivity contribution in [1.29, 1.82) is 0 Å². The summed E-state index contributed by atoms with van der Waals surface area (Å²) >= 11 is 17.5. The van der Waals surface area contributed by atoms with Gasteiger partial charge in [-0.05, 0) is 19.3 Å². The van der Waals surface area contributed by atoms with E-state index in [0.717, 1.165) is 44.9 Å². The Morgan fingerprint density at radius 3 is 1.85 bits per heavy atom. The summed E-state index contributed by atoms with van der Waals surface area (Å²) in [4.78, 5) is 39.2. The number of alkyl halides is 3. The molecule has 0 spiro atoms. The molecule has 0 bridgehead atoms. The number of alkyl carbamates (subject to hydrolysis) is 1. The average molecular weight is 831 g/mol. The number of unbranched alkanes of at least 4 members (excludes halogenated alkanes) is 18. The highest BCUT2D eigenvalue weighted by molar-refractivity contribution is 6.50. The second-order valence-electron chi connectivity index (χ2n) is 14.3. The fraction of sp³-hybridized carbons (Fsp3) is 0.875. The van der Waals surface area contributed by atoms with Crippen LogP contribution in [-0.4, -0.2) is 88.6 Å². The van der Waals surface area contributed by atoms with Crippen LogP contribution in [-0.2, 0) is 33.3 Å². The van der Waals surface area contributed by atoms with E-state index < -0.39 is 65.8 Å². The van der Waals surface area contributed by atoms with Crippen LogP contribution in [0.5, 0.6) is 0 Å². The third kappa shape index (κ3) is 23.7. The van der Waals surface area contributed by atoms with Gasteiger partial charge in [0.2, 0.25) is 0 Å². The normalized spacial score (nSPS) is 20.6. The molecule has 1 aliphatic rings. The number of halogens is 3. The van der Waals surface area contributed by atoms with Gasteiger partial charge in [0.05, 0.1) is 25.5 Å². The first-order valence-electron chi connectivity index (χ1n) is 20.5. The molecule has 0 radical (unpaired) electrons. The monoisotopic (exact) mass is 829 g/mol. The van der Waals surface area contributed by atoms with Crippen molar-refractivity contribution in [3.63, 3.8) is 0 Å². The lowest BCUT2D eigenvalue weighted by molar-refractivity contribution is -0.270. The van der Waals surface area contributed by atoms with Crippen molar-refractivity contribution in [1.82, 2.24) is 5.32 Å². The predicted octanol–water partition coefficient (Wildman–Crippen LogP) is 9.57. The molecule has 14 heteroatoms. The number of aliphatic hydroxyl groups excluding tert-OH is 2. The van der Waals surface area contributed by atoms with E-state index in [9.17, 15) is 24.6 Å². The summed E-state index contributed by atoms with van der Waals surface area (Å²) in [5.74, 6) is -1.60. The molecule has 1 amide bonds. The van der Waals surface area contributed by atoms with Crippen molar-refractivity contribution in [2.45, 2.75) is 203 Å². The van der Waals surface area contributed by atoms with E-state index in [1.165, 1.54) is 83.1 Å². The van der Waals surface area contributed by atoms with Crippen LogP contribution in [0.4, 0.5) is 4.79 Å². The minimum Gasteiger partial charge on any atom is -0.462 e. The first-order valence-corrected chi connectivity index (χ1v) is 21.8. The Morgan fingerprint density at radius 1 is 0.833 bits per heavy atom. The molecule has 6 atom stereocenters. The summed E-state index contributed by atoms with van der Waals surface area (Å²) in [5.41, 5.74) is 0.